The number of nitrogens with zero attached hydrogens (tertiary/aromatic N) is 2. The van der Waals surface area contributed by atoms with Crippen molar-refractivity contribution >= 4 is 0 Å². The Morgan fingerprint density at radius 2 is 2.20 bits per heavy atom. The third-order valence-corrected chi connectivity index (χ3v) is 4.87. The average Bonchev–Trinajstić information content (AvgIpc) is 2.51. The number of methoxy groups -OCH3 is 1. The fourth-order valence-corrected chi connectivity index (χ4v) is 3.77. The highest BCUT2D eigenvalue weighted by atomic mass is 16.5. The van der Waals surface area contributed by atoms with Gasteiger partial charge in [0.1, 0.15) is 0 Å². The predicted octanol–water partition coefficient (Wildman–Crippen LogP) is 2.20. The summed E-state index contributed by atoms with van der Waals surface area (Å²) in [4.78, 5) is 7.00. The van der Waals surface area contributed by atoms with Crippen molar-refractivity contribution in [3.8, 4) is 5.88 Å². The van der Waals surface area contributed by atoms with Crippen LogP contribution in [0.3, 0.4) is 0 Å². The third-order valence-electron chi connectivity index (χ3n) is 4.87. The van der Waals surface area contributed by atoms with Crippen LogP contribution in [0.25, 0.3) is 0 Å². The van der Waals surface area contributed by atoms with Gasteiger partial charge in [-0.15, -0.1) is 0 Å². The normalized spacial score (nSPS) is 22.9. The van der Waals surface area contributed by atoms with Crippen molar-refractivity contribution in [3.05, 3.63) is 23.9 Å². The fraction of sp³-hybridized carbons (Fsp3) is 0.688. The summed E-state index contributed by atoms with van der Waals surface area (Å²) in [5.41, 5.74) is 1.57. The lowest BCUT2D eigenvalue weighted by Gasteiger charge is -2.50. The molecule has 1 saturated heterocycles. The van der Waals surface area contributed by atoms with Gasteiger partial charge < -0.3 is 10.1 Å². The molecule has 4 nitrogen and oxygen atoms in total. The number of hydrogen-bond acceptors (Lipinski definition) is 4. The molecule has 1 N–H and O–H groups in total. The molecule has 0 aromatic carbocycles. The topological polar surface area (TPSA) is 37.4 Å². The minimum absolute atomic E-state index is 0.358. The number of rotatable bonds is 3. The van der Waals surface area contributed by atoms with Crippen LogP contribution in [0.2, 0.25) is 0 Å². The standard InChI is InChI=1S/C16H25N3O/c1-20-15-14(6-5-9-18-15)12-19-11-10-17-13-16(19)7-3-2-4-8-16/h5-6,9,17H,2-4,7-8,10-13H2,1H3. The zero-order chi connectivity index (χ0) is 13.8. The van der Waals surface area contributed by atoms with Crippen LogP contribution in [0.1, 0.15) is 37.7 Å². The number of hydrogen-bond donors (Lipinski definition) is 1. The summed E-state index contributed by atoms with van der Waals surface area (Å²) in [6.07, 6.45) is 8.57. The smallest absolute Gasteiger partial charge is 0.217 e. The first-order valence-corrected chi connectivity index (χ1v) is 7.78. The van der Waals surface area contributed by atoms with Gasteiger partial charge in [0.2, 0.25) is 5.88 Å². The molecule has 0 radical (unpaired) electrons. The maximum absolute atomic E-state index is 5.41. The maximum Gasteiger partial charge on any atom is 0.217 e. The first-order valence-electron chi connectivity index (χ1n) is 7.78. The molecule has 0 atom stereocenters. The van der Waals surface area contributed by atoms with Crippen molar-refractivity contribution in [2.24, 2.45) is 0 Å². The van der Waals surface area contributed by atoms with Gasteiger partial charge in [-0.2, -0.15) is 0 Å². The van der Waals surface area contributed by atoms with Gasteiger partial charge in [-0.3, -0.25) is 4.90 Å². The van der Waals surface area contributed by atoms with Gasteiger partial charge in [0.25, 0.3) is 0 Å². The summed E-state index contributed by atoms with van der Waals surface area (Å²) in [6, 6.07) is 4.15. The zero-order valence-corrected chi connectivity index (χ0v) is 12.4. The van der Waals surface area contributed by atoms with Crippen LogP contribution in [-0.2, 0) is 6.54 Å². The van der Waals surface area contributed by atoms with Crippen molar-refractivity contribution < 1.29 is 4.74 Å². The number of nitrogens with one attached hydrogen (secondary N) is 1. The molecule has 2 aliphatic rings. The van der Waals surface area contributed by atoms with Crippen molar-refractivity contribution in [1.29, 1.82) is 0 Å². The van der Waals surface area contributed by atoms with E-state index >= 15 is 0 Å². The molecule has 110 valence electrons. The Hall–Kier alpha value is -1.13. The van der Waals surface area contributed by atoms with Gasteiger partial charge in [-0.1, -0.05) is 25.3 Å². The molecule has 1 saturated carbocycles. The Kier molecular flexibility index (Phi) is 4.22. The summed E-state index contributed by atoms with van der Waals surface area (Å²) in [6.45, 7) is 4.30. The van der Waals surface area contributed by atoms with Gasteiger partial charge in [-0.05, 0) is 18.9 Å². The molecule has 2 fully saturated rings. The molecule has 1 aromatic rings. The first-order chi connectivity index (χ1) is 9.84. The van der Waals surface area contributed by atoms with Crippen molar-refractivity contribution in [2.45, 2.75) is 44.2 Å². The van der Waals surface area contributed by atoms with Crippen molar-refractivity contribution in [1.82, 2.24) is 15.2 Å². The molecule has 0 unspecified atom stereocenters. The molecular weight excluding hydrogens is 250 g/mol. The molecule has 3 rings (SSSR count). The Balaban J connectivity index is 1.80. The third kappa shape index (κ3) is 2.67. The van der Waals surface area contributed by atoms with Crippen LogP contribution in [0.4, 0.5) is 0 Å². The van der Waals surface area contributed by atoms with E-state index in [2.05, 4.69) is 21.3 Å². The Bertz CT molecular complexity index is 435. The molecule has 1 aliphatic carbocycles. The molecular formula is C16H25N3O. The second-order valence-corrected chi connectivity index (χ2v) is 6.06. The van der Waals surface area contributed by atoms with Gasteiger partial charge in [0.05, 0.1) is 7.11 Å². The number of piperazine rings is 1. The summed E-state index contributed by atoms with van der Waals surface area (Å²) in [7, 11) is 1.71. The van der Waals surface area contributed by atoms with E-state index in [0.29, 0.717) is 5.54 Å². The van der Waals surface area contributed by atoms with Crippen LogP contribution in [0, 0.1) is 0 Å². The number of aromatic nitrogens is 1. The van der Waals surface area contributed by atoms with Crippen molar-refractivity contribution in [2.75, 3.05) is 26.7 Å². The molecule has 1 spiro atoms. The van der Waals surface area contributed by atoms with E-state index in [4.69, 9.17) is 4.74 Å². The van der Waals surface area contributed by atoms with Crippen LogP contribution in [-0.4, -0.2) is 42.2 Å². The highest BCUT2D eigenvalue weighted by molar-refractivity contribution is 5.25. The number of pyridine rings is 1. The highest BCUT2D eigenvalue weighted by Crippen LogP contribution is 2.36. The lowest BCUT2D eigenvalue weighted by atomic mass is 9.79. The Labute approximate surface area is 121 Å². The summed E-state index contributed by atoms with van der Waals surface area (Å²) in [5, 5.41) is 3.60. The predicted molar refractivity (Wildman–Crippen MR) is 79.9 cm³/mol. The molecule has 2 heterocycles. The lowest BCUT2D eigenvalue weighted by molar-refractivity contribution is 0.0202. The second kappa shape index (κ2) is 6.10. The fourth-order valence-electron chi connectivity index (χ4n) is 3.77. The summed E-state index contributed by atoms with van der Waals surface area (Å²) in [5.74, 6) is 0.775. The van der Waals surface area contributed by atoms with Crippen LogP contribution < -0.4 is 10.1 Å². The molecule has 20 heavy (non-hydrogen) atoms. The van der Waals surface area contributed by atoms with Crippen molar-refractivity contribution in [3.63, 3.8) is 0 Å². The molecule has 0 bridgehead atoms. The monoisotopic (exact) mass is 275 g/mol. The molecule has 0 amide bonds. The molecule has 1 aliphatic heterocycles. The van der Waals surface area contributed by atoms with Crippen LogP contribution >= 0.6 is 0 Å². The van der Waals surface area contributed by atoms with Gasteiger partial charge in [0.15, 0.2) is 0 Å². The number of ether oxygens (including phenoxy) is 1. The van der Waals surface area contributed by atoms with Crippen LogP contribution in [0.5, 0.6) is 5.88 Å². The van der Waals surface area contributed by atoms with E-state index in [1.54, 1.807) is 13.3 Å². The van der Waals surface area contributed by atoms with E-state index in [1.165, 1.54) is 37.7 Å². The average molecular weight is 275 g/mol. The Morgan fingerprint density at radius 3 is 3.00 bits per heavy atom. The largest absolute Gasteiger partial charge is 0.481 e. The van der Waals surface area contributed by atoms with E-state index in [-0.39, 0.29) is 0 Å². The van der Waals surface area contributed by atoms with E-state index in [0.717, 1.165) is 32.1 Å². The Morgan fingerprint density at radius 1 is 1.35 bits per heavy atom. The van der Waals surface area contributed by atoms with Gasteiger partial charge in [-0.25, -0.2) is 4.98 Å². The van der Waals surface area contributed by atoms with E-state index in [1.807, 2.05) is 6.07 Å². The van der Waals surface area contributed by atoms with E-state index < -0.39 is 0 Å². The highest BCUT2D eigenvalue weighted by Gasteiger charge is 2.39. The molecule has 1 aromatic heterocycles. The molecule has 4 heteroatoms. The minimum Gasteiger partial charge on any atom is -0.481 e. The maximum atomic E-state index is 5.41. The quantitative estimate of drug-likeness (QED) is 0.917. The van der Waals surface area contributed by atoms with Crippen LogP contribution in [0.15, 0.2) is 18.3 Å². The lowest BCUT2D eigenvalue weighted by Crippen LogP contribution is -2.61. The minimum atomic E-state index is 0.358. The van der Waals surface area contributed by atoms with Gasteiger partial charge >= 0.3 is 0 Å². The second-order valence-electron chi connectivity index (χ2n) is 6.06. The summed E-state index contributed by atoms with van der Waals surface area (Å²) >= 11 is 0. The first kappa shape index (κ1) is 13.8. The zero-order valence-electron chi connectivity index (χ0n) is 12.4. The summed E-state index contributed by atoms with van der Waals surface area (Å²) < 4.78 is 5.41. The van der Waals surface area contributed by atoms with E-state index in [9.17, 15) is 0 Å². The SMILES string of the molecule is COc1ncccc1CN1CCNCC12CCCCC2. The van der Waals surface area contributed by atoms with Gasteiger partial charge in [0, 0.05) is 43.5 Å².